The van der Waals surface area contributed by atoms with Gasteiger partial charge in [0.05, 0.1) is 0 Å². The Balaban J connectivity index is 1.54. The van der Waals surface area contributed by atoms with E-state index in [2.05, 4.69) is 17.6 Å². The van der Waals surface area contributed by atoms with Crippen molar-refractivity contribution in [3.8, 4) is 0 Å². The van der Waals surface area contributed by atoms with Crippen molar-refractivity contribution in [1.82, 2.24) is 10.6 Å². The van der Waals surface area contributed by atoms with E-state index in [0.29, 0.717) is 5.41 Å². The largest absolute Gasteiger partial charge is 0.314 e. The molecular weight excluding hydrogens is 244 g/mol. The van der Waals surface area contributed by atoms with Gasteiger partial charge in [-0.15, -0.1) is 0 Å². The Kier molecular flexibility index (Phi) is 5.04. The van der Waals surface area contributed by atoms with Gasteiger partial charge in [0.2, 0.25) is 0 Å². The highest BCUT2D eigenvalue weighted by molar-refractivity contribution is 4.94. The number of hydrogen-bond donors (Lipinski definition) is 2. The molecule has 0 aromatic rings. The van der Waals surface area contributed by atoms with Gasteiger partial charge in [-0.1, -0.05) is 32.6 Å². The zero-order valence-electron chi connectivity index (χ0n) is 13.4. The first-order chi connectivity index (χ1) is 9.83. The van der Waals surface area contributed by atoms with Gasteiger partial charge < -0.3 is 10.6 Å². The second-order valence-corrected chi connectivity index (χ2v) is 7.70. The van der Waals surface area contributed by atoms with Crippen LogP contribution in [0.25, 0.3) is 0 Å². The number of rotatable bonds is 5. The van der Waals surface area contributed by atoms with E-state index >= 15 is 0 Å². The van der Waals surface area contributed by atoms with Crippen molar-refractivity contribution in [2.75, 3.05) is 13.1 Å². The Morgan fingerprint density at radius 3 is 2.45 bits per heavy atom. The van der Waals surface area contributed by atoms with Crippen LogP contribution in [0.5, 0.6) is 0 Å². The molecule has 0 spiro atoms. The van der Waals surface area contributed by atoms with Gasteiger partial charge in [0.1, 0.15) is 0 Å². The molecule has 20 heavy (non-hydrogen) atoms. The number of nitrogens with one attached hydrogen (secondary N) is 2. The minimum Gasteiger partial charge on any atom is -0.314 e. The molecule has 2 N–H and O–H groups in total. The van der Waals surface area contributed by atoms with E-state index in [-0.39, 0.29) is 0 Å². The van der Waals surface area contributed by atoms with Crippen LogP contribution in [-0.4, -0.2) is 25.2 Å². The minimum atomic E-state index is 0.669. The maximum Gasteiger partial charge on any atom is 0.0110 e. The minimum absolute atomic E-state index is 0.669. The van der Waals surface area contributed by atoms with Gasteiger partial charge in [0.25, 0.3) is 0 Å². The van der Waals surface area contributed by atoms with Gasteiger partial charge in [-0.3, -0.25) is 0 Å². The molecule has 1 heterocycles. The van der Waals surface area contributed by atoms with E-state index in [1.165, 1.54) is 83.7 Å². The summed E-state index contributed by atoms with van der Waals surface area (Å²) in [7, 11) is 0. The quantitative estimate of drug-likeness (QED) is 0.798. The van der Waals surface area contributed by atoms with Crippen LogP contribution in [0.15, 0.2) is 0 Å². The van der Waals surface area contributed by atoms with Crippen LogP contribution in [0, 0.1) is 11.3 Å². The molecule has 3 fully saturated rings. The second-order valence-electron chi connectivity index (χ2n) is 7.70. The molecule has 3 rings (SSSR count). The molecule has 2 aliphatic carbocycles. The summed E-state index contributed by atoms with van der Waals surface area (Å²) in [4.78, 5) is 0. The third kappa shape index (κ3) is 3.22. The van der Waals surface area contributed by atoms with E-state index in [1.807, 2.05) is 0 Å². The molecule has 0 amide bonds. The van der Waals surface area contributed by atoms with Crippen molar-refractivity contribution in [1.29, 1.82) is 0 Å². The summed E-state index contributed by atoms with van der Waals surface area (Å²) in [5.41, 5.74) is 0.669. The van der Waals surface area contributed by atoms with Crippen molar-refractivity contribution in [3.63, 3.8) is 0 Å². The van der Waals surface area contributed by atoms with Gasteiger partial charge in [-0.2, -0.15) is 0 Å². The maximum absolute atomic E-state index is 4.02. The topological polar surface area (TPSA) is 24.1 Å². The lowest BCUT2D eigenvalue weighted by Crippen LogP contribution is -2.53. The van der Waals surface area contributed by atoms with Gasteiger partial charge in [0.15, 0.2) is 0 Å². The van der Waals surface area contributed by atoms with Gasteiger partial charge >= 0.3 is 0 Å². The van der Waals surface area contributed by atoms with E-state index in [1.54, 1.807) is 0 Å². The summed E-state index contributed by atoms with van der Waals surface area (Å²) in [5, 5.41) is 7.84. The summed E-state index contributed by atoms with van der Waals surface area (Å²) < 4.78 is 0. The van der Waals surface area contributed by atoms with Crippen molar-refractivity contribution in [2.45, 2.75) is 89.6 Å². The SMILES string of the molecule is CCC1(CNC2CCCCC2C2CCCCN2)CCC1. The molecule has 3 atom stereocenters. The summed E-state index contributed by atoms with van der Waals surface area (Å²) in [6, 6.07) is 1.60. The van der Waals surface area contributed by atoms with Crippen molar-refractivity contribution in [3.05, 3.63) is 0 Å². The molecule has 3 unspecified atom stereocenters. The Bertz CT molecular complexity index is 286. The van der Waals surface area contributed by atoms with E-state index < -0.39 is 0 Å². The Morgan fingerprint density at radius 2 is 1.80 bits per heavy atom. The van der Waals surface area contributed by atoms with Crippen LogP contribution in [-0.2, 0) is 0 Å². The highest BCUT2D eigenvalue weighted by atomic mass is 15.0. The Morgan fingerprint density at radius 1 is 1.00 bits per heavy atom. The van der Waals surface area contributed by atoms with E-state index in [4.69, 9.17) is 0 Å². The Labute approximate surface area is 125 Å². The maximum atomic E-state index is 4.02. The molecule has 0 bridgehead atoms. The number of hydrogen-bond acceptors (Lipinski definition) is 2. The molecule has 0 radical (unpaired) electrons. The zero-order chi connectivity index (χ0) is 13.8. The molecular formula is C18H34N2. The lowest BCUT2D eigenvalue weighted by Gasteiger charge is -2.45. The van der Waals surface area contributed by atoms with Crippen LogP contribution in [0.2, 0.25) is 0 Å². The first-order valence-electron chi connectivity index (χ1n) is 9.30. The van der Waals surface area contributed by atoms with Crippen LogP contribution in [0.3, 0.4) is 0 Å². The first kappa shape index (κ1) is 14.8. The number of piperidine rings is 1. The normalized spacial score (nSPS) is 37.4. The molecule has 3 aliphatic rings. The monoisotopic (exact) mass is 278 g/mol. The summed E-state index contributed by atoms with van der Waals surface area (Å²) in [6.07, 6.45) is 15.8. The van der Waals surface area contributed by atoms with Crippen molar-refractivity contribution in [2.24, 2.45) is 11.3 Å². The molecule has 1 saturated heterocycles. The highest BCUT2D eigenvalue weighted by Crippen LogP contribution is 2.43. The molecule has 2 nitrogen and oxygen atoms in total. The predicted molar refractivity (Wildman–Crippen MR) is 86.0 cm³/mol. The first-order valence-corrected chi connectivity index (χ1v) is 9.30. The standard InChI is InChI=1S/C18H34N2/c1-2-18(11-7-12-18)14-20-17-9-4-3-8-15(17)16-10-5-6-13-19-16/h15-17,19-20H,2-14H2,1H3. The molecule has 1 aliphatic heterocycles. The van der Waals surface area contributed by atoms with Crippen LogP contribution >= 0.6 is 0 Å². The molecule has 116 valence electrons. The van der Waals surface area contributed by atoms with Gasteiger partial charge in [-0.05, 0) is 62.8 Å². The molecule has 2 saturated carbocycles. The van der Waals surface area contributed by atoms with E-state index in [9.17, 15) is 0 Å². The lowest BCUT2D eigenvalue weighted by atomic mass is 9.66. The van der Waals surface area contributed by atoms with Gasteiger partial charge in [-0.25, -0.2) is 0 Å². The lowest BCUT2D eigenvalue weighted by molar-refractivity contribution is 0.0995. The van der Waals surface area contributed by atoms with Crippen molar-refractivity contribution >= 4 is 0 Å². The highest BCUT2D eigenvalue weighted by Gasteiger charge is 2.37. The predicted octanol–water partition coefficient (Wildman–Crippen LogP) is 3.86. The zero-order valence-corrected chi connectivity index (χ0v) is 13.4. The molecule has 0 aromatic carbocycles. The van der Waals surface area contributed by atoms with Crippen LogP contribution in [0.1, 0.15) is 77.6 Å². The molecule has 2 heteroatoms. The summed E-state index contributed by atoms with van der Waals surface area (Å²) in [5.74, 6) is 0.901. The average molecular weight is 278 g/mol. The van der Waals surface area contributed by atoms with E-state index in [0.717, 1.165) is 18.0 Å². The third-order valence-corrected chi connectivity index (χ3v) is 6.59. The fraction of sp³-hybridized carbons (Fsp3) is 1.00. The fourth-order valence-electron chi connectivity index (χ4n) is 4.82. The average Bonchev–Trinajstić information content (AvgIpc) is 2.48. The summed E-state index contributed by atoms with van der Waals surface area (Å²) in [6.45, 7) is 4.94. The summed E-state index contributed by atoms with van der Waals surface area (Å²) >= 11 is 0. The van der Waals surface area contributed by atoms with Crippen LogP contribution < -0.4 is 10.6 Å². The molecule has 0 aromatic heterocycles. The Hall–Kier alpha value is -0.0800. The second kappa shape index (κ2) is 6.79. The van der Waals surface area contributed by atoms with Crippen LogP contribution in [0.4, 0.5) is 0 Å². The third-order valence-electron chi connectivity index (χ3n) is 6.59. The smallest absolute Gasteiger partial charge is 0.0110 e. The van der Waals surface area contributed by atoms with Crippen molar-refractivity contribution < 1.29 is 0 Å². The fourth-order valence-corrected chi connectivity index (χ4v) is 4.82. The van der Waals surface area contributed by atoms with Gasteiger partial charge in [0, 0.05) is 18.6 Å².